The molecule has 0 spiro atoms. The van der Waals surface area contributed by atoms with E-state index in [1.54, 1.807) is 0 Å². The molecule has 0 aromatic heterocycles. The molecular formula is C31H42F3N5O4. The van der Waals surface area contributed by atoms with Crippen LogP contribution in [0.5, 0.6) is 0 Å². The first kappa shape index (κ1) is 33.9. The summed E-state index contributed by atoms with van der Waals surface area (Å²) in [5.74, 6) is -2.99. The minimum atomic E-state index is -5.19. The number of aliphatic carboxylic acids is 1. The van der Waals surface area contributed by atoms with E-state index >= 15 is 0 Å². The molecule has 2 fully saturated rings. The average molecular weight is 606 g/mol. The van der Waals surface area contributed by atoms with E-state index in [0.717, 1.165) is 68.7 Å². The second-order valence-corrected chi connectivity index (χ2v) is 12.2. The quantitative estimate of drug-likeness (QED) is 0.215. The van der Waals surface area contributed by atoms with Crippen LogP contribution in [0.1, 0.15) is 44.7 Å². The van der Waals surface area contributed by atoms with Gasteiger partial charge in [0.1, 0.15) is 24.0 Å². The molecule has 0 unspecified atom stereocenters. The number of benzene rings is 2. The SMILES string of the molecule is CC(C)(C)OC(=O)C[N+]1(Cc2ccccc2)CCC(N2CCN(c3ccc(C(=N)N)cc3)CC2)CC1.O=C([O-])C(F)(F)F. The normalized spacial score (nSPS) is 21.3. The molecule has 0 bridgehead atoms. The Morgan fingerprint density at radius 1 is 0.977 bits per heavy atom. The van der Waals surface area contributed by atoms with Gasteiger partial charge in [0.2, 0.25) is 0 Å². The van der Waals surface area contributed by atoms with E-state index in [-0.39, 0.29) is 11.8 Å². The Morgan fingerprint density at radius 3 is 1.98 bits per heavy atom. The van der Waals surface area contributed by atoms with Crippen LogP contribution < -0.4 is 15.7 Å². The van der Waals surface area contributed by atoms with Gasteiger partial charge < -0.3 is 29.8 Å². The number of amidine groups is 1. The molecule has 12 heteroatoms. The number of nitrogen functional groups attached to an aromatic ring is 1. The van der Waals surface area contributed by atoms with Crippen molar-refractivity contribution in [3.05, 3.63) is 65.7 Å². The highest BCUT2D eigenvalue weighted by Gasteiger charge is 2.39. The molecule has 0 saturated carbocycles. The summed E-state index contributed by atoms with van der Waals surface area (Å²) in [5.41, 5.74) is 8.38. The van der Waals surface area contributed by atoms with Crippen molar-refractivity contribution in [1.82, 2.24) is 4.90 Å². The number of quaternary nitrogens is 1. The highest BCUT2D eigenvalue weighted by molar-refractivity contribution is 5.95. The first-order chi connectivity index (χ1) is 20.1. The van der Waals surface area contributed by atoms with E-state index in [2.05, 4.69) is 46.2 Å². The number of ether oxygens (including phenoxy) is 1. The van der Waals surface area contributed by atoms with Crippen molar-refractivity contribution in [2.24, 2.45) is 5.73 Å². The van der Waals surface area contributed by atoms with E-state index in [1.165, 1.54) is 11.3 Å². The number of hydrogen-bond donors (Lipinski definition) is 2. The van der Waals surface area contributed by atoms with Crippen LogP contribution in [0.25, 0.3) is 0 Å². The van der Waals surface area contributed by atoms with Gasteiger partial charge in [0, 0.05) is 61.9 Å². The summed E-state index contributed by atoms with van der Waals surface area (Å²) in [5, 5.41) is 16.4. The number of carboxylic acids is 1. The Balaban J connectivity index is 0.000000646. The van der Waals surface area contributed by atoms with Crippen LogP contribution in [-0.4, -0.2) is 90.8 Å². The summed E-state index contributed by atoms with van der Waals surface area (Å²) < 4.78 is 38.1. The fraction of sp³-hybridized carbons (Fsp3) is 0.516. The van der Waals surface area contributed by atoms with Gasteiger partial charge in [-0.25, -0.2) is 4.79 Å². The van der Waals surface area contributed by atoms with Crippen LogP contribution >= 0.6 is 0 Å². The van der Waals surface area contributed by atoms with Crippen molar-refractivity contribution in [3.8, 4) is 0 Å². The first-order valence-electron chi connectivity index (χ1n) is 14.4. The molecule has 2 heterocycles. The summed E-state index contributed by atoms with van der Waals surface area (Å²) >= 11 is 0. The minimum absolute atomic E-state index is 0.0960. The number of alkyl halides is 3. The lowest BCUT2D eigenvalue weighted by Gasteiger charge is -2.47. The lowest BCUT2D eigenvalue weighted by molar-refractivity contribution is -0.939. The maximum absolute atomic E-state index is 12.9. The number of carbonyl (C=O) groups is 2. The molecule has 2 aromatic rings. The highest BCUT2D eigenvalue weighted by Crippen LogP contribution is 2.28. The molecule has 43 heavy (non-hydrogen) atoms. The monoisotopic (exact) mass is 605 g/mol. The Bertz CT molecular complexity index is 1220. The largest absolute Gasteiger partial charge is 0.542 e. The number of carbonyl (C=O) groups excluding carboxylic acids is 2. The first-order valence-corrected chi connectivity index (χ1v) is 14.4. The molecule has 2 aliphatic rings. The van der Waals surface area contributed by atoms with Gasteiger partial charge in [-0.15, -0.1) is 0 Å². The maximum atomic E-state index is 12.9. The van der Waals surface area contributed by atoms with Crippen molar-refractivity contribution in [2.75, 3.05) is 50.7 Å². The van der Waals surface area contributed by atoms with Crippen LogP contribution in [0, 0.1) is 5.41 Å². The van der Waals surface area contributed by atoms with Crippen LogP contribution in [0.15, 0.2) is 54.6 Å². The van der Waals surface area contributed by atoms with Crippen LogP contribution in [0.4, 0.5) is 18.9 Å². The topological polar surface area (TPSA) is 123 Å². The summed E-state index contributed by atoms with van der Waals surface area (Å²) in [7, 11) is 0. The van der Waals surface area contributed by atoms with Crippen molar-refractivity contribution in [2.45, 2.75) is 58.0 Å². The van der Waals surface area contributed by atoms with Gasteiger partial charge in [-0.1, -0.05) is 30.3 Å². The molecule has 0 atom stereocenters. The fourth-order valence-electron chi connectivity index (χ4n) is 5.65. The average Bonchev–Trinajstić information content (AvgIpc) is 2.93. The van der Waals surface area contributed by atoms with Gasteiger partial charge in [0.05, 0.1) is 13.1 Å². The molecule has 9 nitrogen and oxygen atoms in total. The zero-order valence-corrected chi connectivity index (χ0v) is 25.0. The minimum Gasteiger partial charge on any atom is -0.542 e. The Kier molecular flexibility index (Phi) is 11.2. The van der Waals surface area contributed by atoms with Gasteiger partial charge in [0.25, 0.3) is 0 Å². The van der Waals surface area contributed by atoms with Gasteiger partial charge in [-0.2, -0.15) is 13.2 Å². The standard InChI is InChI=1S/C29H42N5O2.C2HF3O2/c1-29(2,3)36-27(35)22-34(21-23-7-5-4-6-8-23)19-13-26(14-20-34)33-17-15-32(16-18-33)25-11-9-24(10-12-25)28(30)31;3-2(4,5)1(6)7/h4-12,26H,13-22H2,1-3H3,(H3,30,31);(H,6,7)/q+1;/p-1. The zero-order valence-electron chi connectivity index (χ0n) is 25.0. The number of anilines is 1. The number of rotatable bonds is 7. The highest BCUT2D eigenvalue weighted by atomic mass is 19.4. The van der Waals surface area contributed by atoms with Crippen molar-refractivity contribution in [1.29, 1.82) is 5.41 Å². The zero-order chi connectivity index (χ0) is 31.8. The molecule has 0 radical (unpaired) electrons. The van der Waals surface area contributed by atoms with E-state index < -0.39 is 17.7 Å². The number of hydrogen-bond acceptors (Lipinski definition) is 7. The van der Waals surface area contributed by atoms with Crippen LogP contribution in [-0.2, 0) is 20.9 Å². The number of carboxylic acid groups (broad SMARTS) is 1. The van der Waals surface area contributed by atoms with Gasteiger partial charge in [0.15, 0.2) is 6.54 Å². The predicted octanol–water partition coefficient (Wildman–Crippen LogP) is 2.91. The molecule has 0 amide bonds. The summed E-state index contributed by atoms with van der Waals surface area (Å²) in [6.07, 6.45) is -2.99. The Hall–Kier alpha value is -3.64. The number of halogens is 3. The molecule has 236 valence electrons. The molecule has 2 aromatic carbocycles. The van der Waals surface area contributed by atoms with E-state index in [1.807, 2.05) is 39.0 Å². The van der Waals surface area contributed by atoms with Crippen molar-refractivity contribution < 1.29 is 37.1 Å². The van der Waals surface area contributed by atoms with Crippen molar-refractivity contribution in [3.63, 3.8) is 0 Å². The lowest BCUT2D eigenvalue weighted by Crippen LogP contribution is -2.60. The number of piperidine rings is 1. The fourth-order valence-corrected chi connectivity index (χ4v) is 5.65. The summed E-state index contributed by atoms with van der Waals surface area (Å²) in [6.45, 7) is 13.2. The van der Waals surface area contributed by atoms with E-state index in [0.29, 0.717) is 12.6 Å². The van der Waals surface area contributed by atoms with Gasteiger partial charge in [-0.05, 0) is 45.0 Å². The molecular weight excluding hydrogens is 563 g/mol. The van der Waals surface area contributed by atoms with Gasteiger partial charge in [-0.3, -0.25) is 10.3 Å². The van der Waals surface area contributed by atoms with Crippen molar-refractivity contribution >= 4 is 23.5 Å². The maximum Gasteiger partial charge on any atom is 0.430 e. The Labute approximate surface area is 251 Å². The molecule has 3 N–H and O–H groups in total. The third kappa shape index (κ3) is 10.5. The van der Waals surface area contributed by atoms with E-state index in [4.69, 9.17) is 25.8 Å². The third-order valence-corrected chi connectivity index (χ3v) is 7.72. The lowest BCUT2D eigenvalue weighted by atomic mass is 9.98. The smallest absolute Gasteiger partial charge is 0.430 e. The molecule has 4 rings (SSSR count). The van der Waals surface area contributed by atoms with E-state index in [9.17, 15) is 18.0 Å². The van der Waals surface area contributed by atoms with Crippen LogP contribution in [0.2, 0.25) is 0 Å². The summed E-state index contributed by atoms with van der Waals surface area (Å²) in [6, 6.07) is 19.1. The number of piperazine rings is 1. The summed E-state index contributed by atoms with van der Waals surface area (Å²) in [4.78, 5) is 26.7. The van der Waals surface area contributed by atoms with Crippen LogP contribution in [0.3, 0.4) is 0 Å². The predicted molar refractivity (Wildman–Crippen MR) is 156 cm³/mol. The van der Waals surface area contributed by atoms with Gasteiger partial charge >= 0.3 is 12.1 Å². The molecule has 2 aliphatic heterocycles. The number of nitrogens with zero attached hydrogens (tertiary/aromatic N) is 3. The second-order valence-electron chi connectivity index (χ2n) is 12.2. The molecule has 0 aliphatic carbocycles. The Morgan fingerprint density at radius 2 is 1.51 bits per heavy atom. The second kappa shape index (κ2) is 14.2. The number of esters is 1. The number of nitrogens with one attached hydrogen (secondary N) is 1. The molecule has 2 saturated heterocycles. The number of nitrogens with two attached hydrogens (primary N) is 1. The third-order valence-electron chi connectivity index (χ3n) is 7.72. The number of likely N-dealkylation sites (tertiary alicyclic amines) is 1.